The van der Waals surface area contributed by atoms with Crippen molar-refractivity contribution in [3.8, 4) is 5.75 Å². The van der Waals surface area contributed by atoms with E-state index in [1.165, 1.54) is 6.07 Å². The average molecular weight is 411 g/mol. The van der Waals surface area contributed by atoms with Gasteiger partial charge in [0.2, 0.25) is 0 Å². The van der Waals surface area contributed by atoms with Crippen LogP contribution in [0.3, 0.4) is 0 Å². The highest BCUT2D eigenvalue weighted by atomic mass is 32.2. The minimum Gasteiger partial charge on any atom is -0.506 e. The number of phenols is 1. The maximum Gasteiger partial charge on any atom is 0.326 e. The highest BCUT2D eigenvalue weighted by Gasteiger charge is 2.40. The van der Waals surface area contributed by atoms with Gasteiger partial charge in [0.25, 0.3) is 5.91 Å². The van der Waals surface area contributed by atoms with Gasteiger partial charge in [-0.3, -0.25) is 9.69 Å². The van der Waals surface area contributed by atoms with E-state index < -0.39 is 39.9 Å². The van der Waals surface area contributed by atoms with E-state index >= 15 is 4.39 Å². The van der Waals surface area contributed by atoms with Gasteiger partial charge in [0.05, 0.1) is 0 Å². The molecular formula is C19H26FN3O4S. The van der Waals surface area contributed by atoms with Crippen LogP contribution in [0.25, 0.3) is 0 Å². The molecule has 2 saturated heterocycles. The van der Waals surface area contributed by atoms with Crippen LogP contribution in [0.5, 0.6) is 5.75 Å². The second kappa shape index (κ2) is 6.88. The highest BCUT2D eigenvalue weighted by Crippen LogP contribution is 2.40. The van der Waals surface area contributed by atoms with E-state index in [0.29, 0.717) is 40.1 Å². The molecule has 154 valence electrons. The topological polar surface area (TPSA) is 89.9 Å². The molecule has 1 aromatic carbocycles. The van der Waals surface area contributed by atoms with Crippen LogP contribution in [0, 0.1) is 17.7 Å². The van der Waals surface area contributed by atoms with E-state index in [0.717, 1.165) is 25.9 Å². The van der Waals surface area contributed by atoms with Gasteiger partial charge < -0.3 is 5.11 Å². The molecule has 2 atom stereocenters. The SMILES string of the molecule is CC(C)C1CCN(C2CCc3cc(O)c(N4CC(=O)NS4(=O)=O)c(F)c3C2)C1. The van der Waals surface area contributed by atoms with Gasteiger partial charge in [0.15, 0.2) is 5.82 Å². The van der Waals surface area contributed by atoms with E-state index in [1.54, 1.807) is 0 Å². The normalized spacial score (nSPS) is 27.3. The van der Waals surface area contributed by atoms with Gasteiger partial charge in [-0.05, 0) is 61.3 Å². The third kappa shape index (κ3) is 3.24. The minimum atomic E-state index is -4.18. The summed E-state index contributed by atoms with van der Waals surface area (Å²) in [5.41, 5.74) is 0.733. The first-order valence-corrected chi connectivity index (χ1v) is 11.2. The summed E-state index contributed by atoms with van der Waals surface area (Å²) in [6.45, 7) is 5.92. The molecule has 7 nitrogen and oxygen atoms in total. The lowest BCUT2D eigenvalue weighted by molar-refractivity contribution is -0.117. The van der Waals surface area contributed by atoms with Crippen molar-refractivity contribution in [2.45, 2.75) is 45.6 Å². The number of nitrogens with one attached hydrogen (secondary N) is 1. The van der Waals surface area contributed by atoms with Crippen LogP contribution < -0.4 is 9.03 Å². The van der Waals surface area contributed by atoms with E-state index in [1.807, 2.05) is 4.72 Å². The Morgan fingerprint density at radius 2 is 2.07 bits per heavy atom. The van der Waals surface area contributed by atoms with Crippen LogP contribution in [-0.2, 0) is 27.8 Å². The number of aromatic hydroxyl groups is 1. The number of hydrogen-bond donors (Lipinski definition) is 2. The summed E-state index contributed by atoms with van der Waals surface area (Å²) in [6.07, 6.45) is 3.15. The second-order valence-corrected chi connectivity index (χ2v) is 10.0. The number of likely N-dealkylation sites (tertiary alicyclic amines) is 1. The van der Waals surface area contributed by atoms with Crippen LogP contribution in [-0.4, -0.2) is 50.0 Å². The maximum atomic E-state index is 15.4. The molecule has 4 rings (SSSR count). The molecular weight excluding hydrogens is 385 g/mol. The summed E-state index contributed by atoms with van der Waals surface area (Å²) in [4.78, 5) is 13.9. The second-order valence-electron chi connectivity index (χ2n) is 8.42. The van der Waals surface area contributed by atoms with Gasteiger partial charge in [-0.25, -0.2) is 13.4 Å². The number of nitrogens with zero attached hydrogens (tertiary/aromatic N) is 2. The molecule has 2 unspecified atom stereocenters. The summed E-state index contributed by atoms with van der Waals surface area (Å²) in [6, 6.07) is 1.65. The average Bonchev–Trinajstić information content (AvgIpc) is 3.19. The molecule has 1 amide bonds. The fourth-order valence-corrected chi connectivity index (χ4v) is 5.87. The van der Waals surface area contributed by atoms with Crippen molar-refractivity contribution in [2.75, 3.05) is 23.9 Å². The summed E-state index contributed by atoms with van der Waals surface area (Å²) in [5, 5.41) is 10.3. The zero-order valence-electron chi connectivity index (χ0n) is 16.1. The number of fused-ring (bicyclic) bond motifs is 1. The summed E-state index contributed by atoms with van der Waals surface area (Å²) in [7, 11) is -4.18. The Morgan fingerprint density at radius 3 is 2.68 bits per heavy atom. The van der Waals surface area contributed by atoms with Crippen molar-refractivity contribution in [3.63, 3.8) is 0 Å². The number of aryl methyl sites for hydroxylation is 1. The molecule has 3 aliphatic rings. The minimum absolute atomic E-state index is 0.207. The lowest BCUT2D eigenvalue weighted by Crippen LogP contribution is -2.39. The summed E-state index contributed by atoms with van der Waals surface area (Å²) in [5.74, 6) is -0.665. The first kappa shape index (κ1) is 19.4. The Morgan fingerprint density at radius 1 is 1.32 bits per heavy atom. The number of anilines is 1. The molecule has 2 N–H and O–H groups in total. The molecule has 2 fully saturated rings. The summed E-state index contributed by atoms with van der Waals surface area (Å²) < 4.78 is 42.1. The van der Waals surface area contributed by atoms with E-state index in [4.69, 9.17) is 0 Å². The predicted molar refractivity (Wildman–Crippen MR) is 103 cm³/mol. The van der Waals surface area contributed by atoms with Crippen molar-refractivity contribution >= 4 is 21.8 Å². The van der Waals surface area contributed by atoms with Gasteiger partial charge in [0, 0.05) is 12.6 Å². The van der Waals surface area contributed by atoms with Crippen molar-refractivity contribution in [1.29, 1.82) is 0 Å². The Hall–Kier alpha value is -1.87. The standard InChI is InChI=1S/C19H26FN3O4S/c1-11(2)13-5-6-22(9-13)14-4-3-12-7-16(24)19(18(20)15(12)8-14)23-10-17(25)21-28(23,26)27/h7,11,13-14,24H,3-6,8-10H2,1-2H3,(H,21,25). The number of carbonyl (C=O) groups excluding carboxylic acids is 1. The molecule has 2 heterocycles. The molecule has 2 aliphatic heterocycles. The third-order valence-corrected chi connectivity index (χ3v) is 7.76. The van der Waals surface area contributed by atoms with Gasteiger partial charge in [-0.1, -0.05) is 13.8 Å². The fraction of sp³-hybridized carbons (Fsp3) is 0.632. The molecule has 9 heteroatoms. The molecule has 28 heavy (non-hydrogen) atoms. The van der Waals surface area contributed by atoms with Gasteiger partial charge in [0.1, 0.15) is 18.0 Å². The van der Waals surface area contributed by atoms with E-state index in [9.17, 15) is 18.3 Å². The molecule has 0 radical (unpaired) electrons. The molecule has 1 aliphatic carbocycles. The van der Waals surface area contributed by atoms with Crippen LogP contribution in [0.4, 0.5) is 10.1 Å². The smallest absolute Gasteiger partial charge is 0.326 e. The van der Waals surface area contributed by atoms with Gasteiger partial charge in [-0.15, -0.1) is 0 Å². The number of hydrogen-bond acceptors (Lipinski definition) is 5. The molecule has 0 saturated carbocycles. The van der Waals surface area contributed by atoms with Crippen molar-refractivity contribution in [3.05, 3.63) is 23.0 Å². The van der Waals surface area contributed by atoms with E-state index in [2.05, 4.69) is 18.7 Å². The zero-order valence-corrected chi connectivity index (χ0v) is 16.9. The van der Waals surface area contributed by atoms with Crippen LogP contribution in [0.15, 0.2) is 6.07 Å². The maximum absolute atomic E-state index is 15.4. The first-order valence-electron chi connectivity index (χ1n) is 9.78. The Bertz CT molecular complexity index is 918. The quantitative estimate of drug-likeness (QED) is 0.788. The number of carbonyl (C=O) groups is 1. The van der Waals surface area contributed by atoms with Crippen molar-refractivity contribution < 1.29 is 22.7 Å². The van der Waals surface area contributed by atoms with E-state index in [-0.39, 0.29) is 6.04 Å². The van der Waals surface area contributed by atoms with Crippen LogP contribution >= 0.6 is 0 Å². The van der Waals surface area contributed by atoms with Crippen LogP contribution in [0.2, 0.25) is 0 Å². The zero-order chi connectivity index (χ0) is 20.2. The largest absolute Gasteiger partial charge is 0.506 e. The Labute approximate surface area is 164 Å². The Balaban J connectivity index is 1.64. The van der Waals surface area contributed by atoms with Gasteiger partial charge in [-0.2, -0.15) is 8.42 Å². The molecule has 1 aromatic rings. The molecule has 0 aromatic heterocycles. The third-order valence-electron chi connectivity index (χ3n) is 6.39. The van der Waals surface area contributed by atoms with Crippen LogP contribution in [0.1, 0.15) is 37.8 Å². The number of rotatable bonds is 3. The summed E-state index contributed by atoms with van der Waals surface area (Å²) >= 11 is 0. The number of benzene rings is 1. The first-order chi connectivity index (χ1) is 13.2. The number of phenolic OH excluding ortho intramolecular Hbond substituents is 1. The monoisotopic (exact) mass is 411 g/mol. The lowest BCUT2D eigenvalue weighted by Gasteiger charge is -2.33. The van der Waals surface area contributed by atoms with Gasteiger partial charge >= 0.3 is 10.2 Å². The molecule has 0 spiro atoms. The Kier molecular flexibility index (Phi) is 4.78. The fourth-order valence-electron chi connectivity index (χ4n) is 4.71. The highest BCUT2D eigenvalue weighted by molar-refractivity contribution is 7.92. The lowest BCUT2D eigenvalue weighted by atomic mass is 9.86. The number of halogens is 1. The number of amides is 1. The van der Waals surface area contributed by atoms with Crippen molar-refractivity contribution in [1.82, 2.24) is 9.62 Å². The molecule has 0 bridgehead atoms. The van der Waals surface area contributed by atoms with Crippen molar-refractivity contribution in [2.24, 2.45) is 11.8 Å². The predicted octanol–water partition coefficient (Wildman–Crippen LogP) is 1.55.